The van der Waals surface area contributed by atoms with E-state index < -0.39 is 0 Å². The van der Waals surface area contributed by atoms with Gasteiger partial charge in [0, 0.05) is 17.7 Å². The Labute approximate surface area is 172 Å². The van der Waals surface area contributed by atoms with Crippen molar-refractivity contribution in [2.24, 2.45) is 0 Å². The minimum Gasteiger partial charge on any atom is -0.496 e. The molecule has 2 aromatic rings. The van der Waals surface area contributed by atoms with Gasteiger partial charge < -0.3 is 23.8 Å². The van der Waals surface area contributed by atoms with Gasteiger partial charge >= 0.3 is 5.97 Å². The highest BCUT2D eigenvalue weighted by Crippen LogP contribution is 2.40. The van der Waals surface area contributed by atoms with Crippen LogP contribution in [0.5, 0.6) is 17.2 Å². The zero-order valence-corrected chi connectivity index (χ0v) is 17.6. The lowest BCUT2D eigenvalue weighted by Crippen LogP contribution is -2.19. The second-order valence-electron chi connectivity index (χ2n) is 7.23. The van der Waals surface area contributed by atoms with Crippen LogP contribution in [0.25, 0.3) is 0 Å². The first-order valence-electron chi connectivity index (χ1n) is 9.84. The summed E-state index contributed by atoms with van der Waals surface area (Å²) in [6.45, 7) is 1.79. The molecule has 0 aliphatic carbocycles. The van der Waals surface area contributed by atoms with E-state index in [1.807, 2.05) is 24.3 Å². The molecule has 0 fully saturated rings. The van der Waals surface area contributed by atoms with E-state index >= 15 is 0 Å². The van der Waals surface area contributed by atoms with Crippen LogP contribution >= 0.6 is 0 Å². The van der Waals surface area contributed by atoms with Crippen molar-refractivity contribution >= 4 is 5.97 Å². The van der Waals surface area contributed by atoms with Gasteiger partial charge in [0.2, 0.25) is 0 Å². The molecule has 0 N–H and O–H groups in total. The second kappa shape index (κ2) is 9.65. The molecule has 0 bridgehead atoms. The van der Waals surface area contributed by atoms with Crippen LogP contribution in [-0.2, 0) is 11.3 Å². The molecule has 1 atom stereocenters. The summed E-state index contributed by atoms with van der Waals surface area (Å²) in [6.07, 6.45) is 2.54. The van der Waals surface area contributed by atoms with Gasteiger partial charge in [0.25, 0.3) is 0 Å². The van der Waals surface area contributed by atoms with Crippen molar-refractivity contribution in [1.82, 2.24) is 4.90 Å². The molecule has 2 aromatic carbocycles. The first kappa shape index (κ1) is 21.0. The van der Waals surface area contributed by atoms with Crippen molar-refractivity contribution in [3.05, 3.63) is 53.1 Å². The summed E-state index contributed by atoms with van der Waals surface area (Å²) < 4.78 is 21.7. The third-order valence-corrected chi connectivity index (χ3v) is 5.26. The summed E-state index contributed by atoms with van der Waals surface area (Å²) >= 11 is 0. The first-order valence-corrected chi connectivity index (χ1v) is 9.84. The van der Waals surface area contributed by atoms with E-state index in [9.17, 15) is 4.79 Å². The number of benzene rings is 2. The number of hydrogen-bond acceptors (Lipinski definition) is 6. The van der Waals surface area contributed by atoms with E-state index in [-0.39, 0.29) is 12.1 Å². The monoisotopic (exact) mass is 399 g/mol. The van der Waals surface area contributed by atoms with Crippen molar-refractivity contribution in [3.8, 4) is 17.2 Å². The molecular weight excluding hydrogens is 370 g/mol. The molecule has 1 heterocycles. The molecule has 0 saturated heterocycles. The lowest BCUT2D eigenvalue weighted by atomic mass is 10.00. The summed E-state index contributed by atoms with van der Waals surface area (Å²) in [5.41, 5.74) is 2.63. The Balaban J connectivity index is 1.52. The van der Waals surface area contributed by atoms with Crippen LogP contribution in [0.2, 0.25) is 0 Å². The molecule has 1 aliphatic heterocycles. The first-order chi connectivity index (χ1) is 14.1. The van der Waals surface area contributed by atoms with Gasteiger partial charge in [-0.15, -0.1) is 0 Å². The Kier molecular flexibility index (Phi) is 6.99. The van der Waals surface area contributed by atoms with Crippen LogP contribution in [0.3, 0.4) is 0 Å². The van der Waals surface area contributed by atoms with Crippen molar-refractivity contribution in [1.29, 1.82) is 0 Å². The molecule has 0 radical (unpaired) electrons. The highest BCUT2D eigenvalue weighted by molar-refractivity contribution is 5.95. The molecular formula is C23H29NO5. The number of nitrogens with zero attached hydrogens (tertiary/aromatic N) is 1. The smallest absolute Gasteiger partial charge is 0.339 e. The molecule has 0 spiro atoms. The van der Waals surface area contributed by atoms with E-state index in [4.69, 9.17) is 18.9 Å². The van der Waals surface area contributed by atoms with Crippen LogP contribution in [0.15, 0.2) is 36.4 Å². The minimum absolute atomic E-state index is 0.225. The summed E-state index contributed by atoms with van der Waals surface area (Å²) in [6, 6.07) is 11.6. The van der Waals surface area contributed by atoms with E-state index in [0.717, 1.165) is 43.7 Å². The van der Waals surface area contributed by atoms with Gasteiger partial charge in [-0.2, -0.15) is 0 Å². The number of cyclic esters (lactones) is 1. The van der Waals surface area contributed by atoms with Crippen molar-refractivity contribution in [3.63, 3.8) is 0 Å². The summed E-state index contributed by atoms with van der Waals surface area (Å²) in [4.78, 5) is 14.5. The highest BCUT2D eigenvalue weighted by atomic mass is 16.5. The van der Waals surface area contributed by atoms with Gasteiger partial charge in [0.15, 0.2) is 11.5 Å². The lowest BCUT2D eigenvalue weighted by Gasteiger charge is -2.19. The predicted molar refractivity (Wildman–Crippen MR) is 111 cm³/mol. The summed E-state index contributed by atoms with van der Waals surface area (Å²) in [7, 11) is 6.95. The molecule has 156 valence electrons. The Hall–Kier alpha value is -2.73. The Morgan fingerprint density at radius 2 is 1.66 bits per heavy atom. The van der Waals surface area contributed by atoms with Crippen LogP contribution in [0, 0.1) is 0 Å². The van der Waals surface area contributed by atoms with E-state index in [1.54, 1.807) is 27.4 Å². The normalized spacial score (nSPS) is 15.2. The van der Waals surface area contributed by atoms with Gasteiger partial charge in [-0.3, -0.25) is 0 Å². The zero-order chi connectivity index (χ0) is 20.8. The number of ether oxygens (including phenoxy) is 4. The fraction of sp³-hybridized carbons (Fsp3) is 0.435. The van der Waals surface area contributed by atoms with Crippen LogP contribution in [0.1, 0.15) is 46.9 Å². The van der Waals surface area contributed by atoms with Crippen LogP contribution < -0.4 is 14.2 Å². The fourth-order valence-corrected chi connectivity index (χ4v) is 3.72. The maximum atomic E-state index is 12.2. The number of para-hydroxylation sites is 1. The molecule has 0 saturated carbocycles. The summed E-state index contributed by atoms with van der Waals surface area (Å²) in [5.74, 6) is 1.78. The molecule has 29 heavy (non-hydrogen) atoms. The molecule has 0 amide bonds. The topological polar surface area (TPSA) is 57.2 Å². The number of methoxy groups -OCH3 is 3. The molecule has 6 nitrogen and oxygen atoms in total. The van der Waals surface area contributed by atoms with Crippen molar-refractivity contribution < 1.29 is 23.7 Å². The van der Waals surface area contributed by atoms with Crippen molar-refractivity contribution in [2.75, 3.05) is 34.9 Å². The Bertz CT molecular complexity index is 851. The van der Waals surface area contributed by atoms with Gasteiger partial charge in [-0.1, -0.05) is 18.2 Å². The Morgan fingerprint density at radius 3 is 2.38 bits per heavy atom. The van der Waals surface area contributed by atoms with Gasteiger partial charge in [-0.25, -0.2) is 4.79 Å². The Morgan fingerprint density at radius 1 is 0.966 bits per heavy atom. The maximum Gasteiger partial charge on any atom is 0.339 e. The predicted octanol–water partition coefficient (Wildman–Crippen LogP) is 4.23. The standard InChI is InChI=1S/C23H29NO5/c1-24(15-16-9-5-6-10-19(16)26-2)12-8-7-11-20-17-13-21(27-3)22(28-4)14-18(17)23(25)29-20/h5-6,9-10,13-14,20H,7-8,11-12,15H2,1-4H3. The number of hydrogen-bond donors (Lipinski definition) is 0. The van der Waals surface area contributed by atoms with E-state index in [2.05, 4.69) is 18.0 Å². The molecule has 6 heteroatoms. The minimum atomic E-state index is -0.292. The number of unbranched alkanes of at least 4 members (excludes halogenated alkanes) is 1. The highest BCUT2D eigenvalue weighted by Gasteiger charge is 2.32. The van der Waals surface area contributed by atoms with Crippen molar-refractivity contribution in [2.45, 2.75) is 31.9 Å². The SMILES string of the molecule is COc1ccccc1CN(C)CCCCC1OC(=O)c2cc(OC)c(OC)cc21. The molecule has 0 aromatic heterocycles. The zero-order valence-electron chi connectivity index (χ0n) is 17.6. The van der Waals surface area contributed by atoms with Crippen LogP contribution in [-0.4, -0.2) is 45.8 Å². The third-order valence-electron chi connectivity index (χ3n) is 5.26. The number of esters is 1. The maximum absolute atomic E-state index is 12.2. The van der Waals surface area contributed by atoms with Gasteiger partial charge in [0.1, 0.15) is 11.9 Å². The fourth-order valence-electron chi connectivity index (χ4n) is 3.72. The molecule has 3 rings (SSSR count). The number of carbonyl (C=O) groups is 1. The van der Waals surface area contributed by atoms with Crippen LogP contribution in [0.4, 0.5) is 0 Å². The van der Waals surface area contributed by atoms with Gasteiger partial charge in [-0.05, 0) is 51.1 Å². The number of carbonyl (C=O) groups excluding carboxylic acids is 1. The average molecular weight is 399 g/mol. The largest absolute Gasteiger partial charge is 0.496 e. The lowest BCUT2D eigenvalue weighted by molar-refractivity contribution is 0.0362. The molecule has 1 unspecified atom stereocenters. The quantitative estimate of drug-likeness (QED) is 0.440. The summed E-state index contributed by atoms with van der Waals surface area (Å²) in [5, 5.41) is 0. The average Bonchev–Trinajstić information content (AvgIpc) is 3.05. The molecule has 1 aliphatic rings. The van der Waals surface area contributed by atoms with E-state index in [1.165, 1.54) is 5.56 Å². The second-order valence-corrected chi connectivity index (χ2v) is 7.23. The van der Waals surface area contributed by atoms with E-state index in [0.29, 0.717) is 17.1 Å². The van der Waals surface area contributed by atoms with Gasteiger partial charge in [0.05, 0.1) is 26.9 Å². The number of rotatable bonds is 10. The number of fused-ring (bicyclic) bond motifs is 1. The third kappa shape index (κ3) is 4.82.